The monoisotopic (exact) mass is 281 g/mol. The minimum atomic E-state index is -2.54. The first-order valence-corrected chi connectivity index (χ1v) is 6.54. The highest BCUT2D eigenvalue weighted by Crippen LogP contribution is 2.24. The first-order chi connectivity index (χ1) is 9.61. The summed E-state index contributed by atoms with van der Waals surface area (Å²) in [6.07, 6.45) is -0.799. The third-order valence-electron chi connectivity index (χ3n) is 3.05. The van der Waals surface area contributed by atoms with Crippen molar-refractivity contribution >= 4 is 0 Å². The van der Waals surface area contributed by atoms with Gasteiger partial charge in [0.15, 0.2) is 0 Å². The van der Waals surface area contributed by atoms with Gasteiger partial charge in [-0.15, -0.1) is 0 Å². The van der Waals surface area contributed by atoms with Crippen LogP contribution in [0.4, 0.5) is 8.78 Å². The Morgan fingerprint density at radius 1 is 1.30 bits per heavy atom. The standard InChI is InChI=1S/C14H17F2N3O/c1-2-6-19-13(17-9-18-19)8-12(20)10-4-3-5-11(7-10)14(15)16/h3-5,7,9,12,14,20H,2,6,8H2,1H3. The van der Waals surface area contributed by atoms with Gasteiger partial charge in [-0.05, 0) is 18.1 Å². The van der Waals surface area contributed by atoms with Crippen molar-refractivity contribution in [2.45, 2.75) is 38.8 Å². The zero-order valence-corrected chi connectivity index (χ0v) is 11.2. The summed E-state index contributed by atoms with van der Waals surface area (Å²) in [7, 11) is 0. The van der Waals surface area contributed by atoms with Crippen LogP contribution in [0.15, 0.2) is 30.6 Å². The summed E-state index contributed by atoms with van der Waals surface area (Å²) >= 11 is 0. The van der Waals surface area contributed by atoms with Gasteiger partial charge < -0.3 is 5.11 Å². The van der Waals surface area contributed by atoms with Gasteiger partial charge in [-0.25, -0.2) is 13.8 Å². The second kappa shape index (κ2) is 6.56. The molecule has 0 saturated heterocycles. The SMILES string of the molecule is CCCn1ncnc1CC(O)c1cccc(C(F)F)c1. The molecule has 0 aliphatic heterocycles. The van der Waals surface area contributed by atoms with Crippen LogP contribution in [0.5, 0.6) is 0 Å². The van der Waals surface area contributed by atoms with Crippen molar-refractivity contribution in [1.29, 1.82) is 0 Å². The maximum absolute atomic E-state index is 12.6. The lowest BCUT2D eigenvalue weighted by Gasteiger charge is -2.12. The third kappa shape index (κ3) is 3.39. The number of aryl methyl sites for hydroxylation is 1. The highest BCUT2D eigenvalue weighted by Gasteiger charge is 2.15. The maximum atomic E-state index is 12.6. The van der Waals surface area contributed by atoms with E-state index in [-0.39, 0.29) is 12.0 Å². The van der Waals surface area contributed by atoms with E-state index in [0.29, 0.717) is 11.4 Å². The largest absolute Gasteiger partial charge is 0.388 e. The lowest BCUT2D eigenvalue weighted by Crippen LogP contribution is -2.10. The molecule has 0 aliphatic carbocycles. The van der Waals surface area contributed by atoms with Crippen molar-refractivity contribution < 1.29 is 13.9 Å². The van der Waals surface area contributed by atoms with Gasteiger partial charge >= 0.3 is 0 Å². The van der Waals surface area contributed by atoms with Gasteiger partial charge in [0.2, 0.25) is 0 Å². The Morgan fingerprint density at radius 3 is 2.75 bits per heavy atom. The number of nitrogens with zero attached hydrogens (tertiary/aromatic N) is 3. The van der Waals surface area contributed by atoms with Crippen LogP contribution in [0.3, 0.4) is 0 Å². The minimum absolute atomic E-state index is 0.0865. The zero-order valence-electron chi connectivity index (χ0n) is 11.2. The summed E-state index contributed by atoms with van der Waals surface area (Å²) in [5.74, 6) is 0.654. The van der Waals surface area contributed by atoms with Crippen LogP contribution in [0.2, 0.25) is 0 Å². The molecule has 108 valence electrons. The second-order valence-corrected chi connectivity index (χ2v) is 4.59. The number of benzene rings is 1. The van der Waals surface area contributed by atoms with E-state index in [1.54, 1.807) is 10.7 Å². The number of aliphatic hydroxyl groups is 1. The Bertz CT molecular complexity index is 557. The Hall–Kier alpha value is -1.82. The number of alkyl halides is 2. The van der Waals surface area contributed by atoms with Crippen LogP contribution in [0, 0.1) is 0 Å². The molecule has 2 aromatic rings. The molecule has 0 amide bonds. The van der Waals surface area contributed by atoms with Gasteiger partial charge in [-0.1, -0.05) is 25.1 Å². The van der Waals surface area contributed by atoms with Crippen LogP contribution in [0.25, 0.3) is 0 Å². The molecule has 0 saturated carbocycles. The van der Waals surface area contributed by atoms with Gasteiger partial charge in [0.25, 0.3) is 6.43 Å². The quantitative estimate of drug-likeness (QED) is 0.885. The van der Waals surface area contributed by atoms with E-state index in [2.05, 4.69) is 10.1 Å². The summed E-state index contributed by atoms with van der Waals surface area (Å²) < 4.78 is 27.0. The van der Waals surface area contributed by atoms with Gasteiger partial charge in [0.1, 0.15) is 12.2 Å². The first kappa shape index (κ1) is 14.6. The van der Waals surface area contributed by atoms with Crippen molar-refractivity contribution in [2.24, 2.45) is 0 Å². The minimum Gasteiger partial charge on any atom is -0.388 e. The molecule has 1 atom stereocenters. The van der Waals surface area contributed by atoms with E-state index in [1.807, 2.05) is 6.92 Å². The predicted octanol–water partition coefficient (Wildman–Crippen LogP) is 2.90. The lowest BCUT2D eigenvalue weighted by molar-refractivity contribution is 0.149. The smallest absolute Gasteiger partial charge is 0.263 e. The number of aliphatic hydroxyl groups excluding tert-OH is 1. The molecular formula is C14H17F2N3O. The average molecular weight is 281 g/mol. The first-order valence-electron chi connectivity index (χ1n) is 6.54. The normalized spacial score (nSPS) is 12.8. The van der Waals surface area contributed by atoms with E-state index in [1.165, 1.54) is 24.5 Å². The number of hydrogen-bond acceptors (Lipinski definition) is 3. The Morgan fingerprint density at radius 2 is 2.05 bits per heavy atom. The predicted molar refractivity (Wildman–Crippen MR) is 70.4 cm³/mol. The van der Waals surface area contributed by atoms with Gasteiger partial charge in [-0.2, -0.15) is 5.10 Å². The summed E-state index contributed by atoms with van der Waals surface area (Å²) in [4.78, 5) is 4.10. The van der Waals surface area contributed by atoms with Crippen LogP contribution in [0.1, 0.15) is 42.8 Å². The molecule has 0 spiro atoms. The summed E-state index contributed by atoms with van der Waals surface area (Å²) in [5, 5.41) is 14.2. The van der Waals surface area contributed by atoms with E-state index < -0.39 is 12.5 Å². The Kier molecular flexibility index (Phi) is 4.79. The fourth-order valence-electron chi connectivity index (χ4n) is 2.04. The van der Waals surface area contributed by atoms with Gasteiger partial charge in [0.05, 0.1) is 6.10 Å². The topological polar surface area (TPSA) is 50.9 Å². The van der Waals surface area contributed by atoms with Gasteiger partial charge in [-0.3, -0.25) is 4.68 Å². The molecule has 4 nitrogen and oxygen atoms in total. The summed E-state index contributed by atoms with van der Waals surface area (Å²) in [6.45, 7) is 2.74. The molecule has 1 unspecified atom stereocenters. The zero-order chi connectivity index (χ0) is 14.5. The molecule has 1 aromatic carbocycles. The molecule has 0 aliphatic rings. The fourth-order valence-corrected chi connectivity index (χ4v) is 2.04. The van der Waals surface area contributed by atoms with Crippen LogP contribution in [-0.4, -0.2) is 19.9 Å². The van der Waals surface area contributed by atoms with Crippen LogP contribution >= 0.6 is 0 Å². The Balaban J connectivity index is 2.13. The molecule has 0 bridgehead atoms. The van der Waals surface area contributed by atoms with Crippen molar-refractivity contribution in [2.75, 3.05) is 0 Å². The summed E-state index contributed by atoms with van der Waals surface area (Å²) in [6, 6.07) is 5.84. The number of aromatic nitrogens is 3. The molecule has 1 N–H and O–H groups in total. The second-order valence-electron chi connectivity index (χ2n) is 4.59. The molecular weight excluding hydrogens is 264 g/mol. The van der Waals surface area contributed by atoms with Crippen LogP contribution < -0.4 is 0 Å². The highest BCUT2D eigenvalue weighted by atomic mass is 19.3. The van der Waals surface area contributed by atoms with E-state index in [0.717, 1.165) is 13.0 Å². The van der Waals surface area contributed by atoms with Crippen molar-refractivity contribution in [3.8, 4) is 0 Å². The number of halogens is 2. The molecule has 0 fully saturated rings. The fraction of sp³-hybridized carbons (Fsp3) is 0.429. The Labute approximate surface area is 116 Å². The van der Waals surface area contributed by atoms with E-state index in [9.17, 15) is 13.9 Å². The van der Waals surface area contributed by atoms with Crippen LogP contribution in [-0.2, 0) is 13.0 Å². The maximum Gasteiger partial charge on any atom is 0.263 e. The van der Waals surface area contributed by atoms with Crippen molar-refractivity contribution in [3.63, 3.8) is 0 Å². The molecule has 2 rings (SSSR count). The molecule has 0 radical (unpaired) electrons. The highest BCUT2D eigenvalue weighted by molar-refractivity contribution is 5.26. The molecule has 20 heavy (non-hydrogen) atoms. The summed E-state index contributed by atoms with van der Waals surface area (Å²) in [5.41, 5.74) is 0.380. The third-order valence-corrected chi connectivity index (χ3v) is 3.05. The van der Waals surface area contributed by atoms with Gasteiger partial charge in [0, 0.05) is 18.5 Å². The van der Waals surface area contributed by atoms with Crippen molar-refractivity contribution in [3.05, 3.63) is 47.5 Å². The van der Waals surface area contributed by atoms with E-state index in [4.69, 9.17) is 0 Å². The average Bonchev–Trinajstić information content (AvgIpc) is 2.86. The number of rotatable bonds is 6. The lowest BCUT2D eigenvalue weighted by atomic mass is 10.0. The molecule has 6 heteroatoms. The van der Waals surface area contributed by atoms with Crippen molar-refractivity contribution in [1.82, 2.24) is 14.8 Å². The molecule has 1 aromatic heterocycles. The number of hydrogen-bond donors (Lipinski definition) is 1. The molecule has 1 heterocycles. The van der Waals surface area contributed by atoms with E-state index >= 15 is 0 Å².